The Morgan fingerprint density at radius 3 is 2.62 bits per heavy atom. The van der Waals surface area contributed by atoms with Gasteiger partial charge in [-0.3, -0.25) is 9.48 Å². The minimum absolute atomic E-state index is 0.199. The zero-order chi connectivity index (χ0) is 17.8. The molecule has 0 spiro atoms. The van der Waals surface area contributed by atoms with E-state index in [1.165, 1.54) is 24.1 Å². The molecule has 138 valence electrons. The maximum atomic E-state index is 12.8. The lowest BCUT2D eigenvalue weighted by Crippen LogP contribution is -2.40. The van der Waals surface area contributed by atoms with Crippen molar-refractivity contribution in [1.29, 1.82) is 0 Å². The van der Waals surface area contributed by atoms with Crippen LogP contribution in [0, 0.1) is 0 Å². The maximum absolute atomic E-state index is 12.8. The van der Waals surface area contributed by atoms with Gasteiger partial charge in [-0.1, -0.05) is 30.3 Å². The summed E-state index contributed by atoms with van der Waals surface area (Å²) < 4.78 is 1.92. The summed E-state index contributed by atoms with van der Waals surface area (Å²) in [6.45, 7) is 4.15. The van der Waals surface area contributed by atoms with Crippen LogP contribution in [0.2, 0.25) is 0 Å². The van der Waals surface area contributed by atoms with Crippen LogP contribution < -0.4 is 5.32 Å². The molecule has 1 aromatic carbocycles. The summed E-state index contributed by atoms with van der Waals surface area (Å²) in [6.07, 6.45) is 6.30. The van der Waals surface area contributed by atoms with Gasteiger partial charge in [0.1, 0.15) is 6.54 Å². The molecule has 0 radical (unpaired) electrons. The first-order chi connectivity index (χ1) is 12.8. The fraction of sp³-hybridized carbons (Fsp3) is 0.524. The number of carbonyl (C=O) groups excluding carboxylic acids is 1. The van der Waals surface area contributed by atoms with Crippen molar-refractivity contribution < 1.29 is 4.79 Å². The Morgan fingerprint density at radius 2 is 1.88 bits per heavy atom. The average Bonchev–Trinajstić information content (AvgIpc) is 3.17. The predicted molar refractivity (Wildman–Crippen MR) is 102 cm³/mol. The van der Waals surface area contributed by atoms with Gasteiger partial charge in [-0.05, 0) is 49.8 Å². The van der Waals surface area contributed by atoms with E-state index in [0.717, 1.165) is 39.0 Å². The molecule has 2 aliphatic heterocycles. The monoisotopic (exact) mass is 352 g/mol. The number of rotatable bonds is 4. The first-order valence-electron chi connectivity index (χ1n) is 9.86. The molecule has 0 bridgehead atoms. The molecule has 0 unspecified atom stereocenters. The van der Waals surface area contributed by atoms with E-state index in [9.17, 15) is 4.79 Å². The summed E-state index contributed by atoms with van der Waals surface area (Å²) in [7, 11) is 0. The van der Waals surface area contributed by atoms with Crippen LogP contribution in [0.5, 0.6) is 0 Å². The number of likely N-dealkylation sites (tertiary alicyclic amines) is 1. The minimum Gasteiger partial charge on any atom is -0.341 e. The Morgan fingerprint density at radius 1 is 1.08 bits per heavy atom. The molecule has 1 atom stereocenters. The number of amides is 1. The SMILES string of the molecule is O=C(Cn1nccc1[C@H]1CCCNC1)N1CCC(c2ccccc2)CC1. The third kappa shape index (κ3) is 3.83. The Bertz CT molecular complexity index is 713. The standard InChI is InChI=1S/C21H28N4O/c26-21(16-25-20(8-12-23-25)19-7-4-11-22-15-19)24-13-9-18(10-14-24)17-5-2-1-3-6-17/h1-3,5-6,8,12,18-19,22H,4,7,9-11,13-16H2/t19-/m0/s1. The number of benzene rings is 1. The van der Waals surface area contributed by atoms with Crippen LogP contribution in [0.3, 0.4) is 0 Å². The summed E-state index contributed by atoms with van der Waals surface area (Å²) in [6, 6.07) is 12.8. The minimum atomic E-state index is 0.199. The van der Waals surface area contributed by atoms with Gasteiger partial charge in [0.05, 0.1) is 0 Å². The van der Waals surface area contributed by atoms with Crippen LogP contribution in [0.1, 0.15) is 48.8 Å². The van der Waals surface area contributed by atoms with E-state index in [1.807, 2.05) is 15.8 Å². The van der Waals surface area contributed by atoms with Gasteiger partial charge in [0.2, 0.25) is 5.91 Å². The number of nitrogens with one attached hydrogen (secondary N) is 1. The second-order valence-corrected chi connectivity index (χ2v) is 7.52. The quantitative estimate of drug-likeness (QED) is 0.920. The molecule has 2 fully saturated rings. The largest absolute Gasteiger partial charge is 0.341 e. The molecule has 1 N–H and O–H groups in total. The maximum Gasteiger partial charge on any atom is 0.244 e. The fourth-order valence-corrected chi connectivity index (χ4v) is 4.34. The molecule has 5 nitrogen and oxygen atoms in total. The van der Waals surface area contributed by atoms with Crippen molar-refractivity contribution >= 4 is 5.91 Å². The van der Waals surface area contributed by atoms with E-state index in [4.69, 9.17) is 0 Å². The molecule has 1 amide bonds. The van der Waals surface area contributed by atoms with Crippen molar-refractivity contribution in [2.24, 2.45) is 0 Å². The Balaban J connectivity index is 1.34. The Hall–Kier alpha value is -2.14. The number of aromatic nitrogens is 2. The molecule has 5 heteroatoms. The molecular weight excluding hydrogens is 324 g/mol. The third-order valence-corrected chi connectivity index (χ3v) is 5.87. The molecule has 2 saturated heterocycles. The summed E-state index contributed by atoms with van der Waals surface area (Å²) in [5.41, 5.74) is 2.60. The lowest BCUT2D eigenvalue weighted by Gasteiger charge is -2.32. The second-order valence-electron chi connectivity index (χ2n) is 7.52. The molecule has 3 heterocycles. The van der Waals surface area contributed by atoms with E-state index >= 15 is 0 Å². The van der Waals surface area contributed by atoms with Gasteiger partial charge in [0, 0.05) is 37.4 Å². The molecular formula is C21H28N4O. The number of nitrogens with zero attached hydrogens (tertiary/aromatic N) is 3. The average molecular weight is 352 g/mol. The van der Waals surface area contributed by atoms with Crippen molar-refractivity contribution in [3.05, 3.63) is 53.9 Å². The third-order valence-electron chi connectivity index (χ3n) is 5.87. The molecule has 1 aromatic heterocycles. The van der Waals surface area contributed by atoms with E-state index in [2.05, 4.69) is 46.8 Å². The summed E-state index contributed by atoms with van der Waals surface area (Å²) >= 11 is 0. The number of piperidine rings is 2. The molecule has 0 saturated carbocycles. The lowest BCUT2D eigenvalue weighted by molar-refractivity contribution is -0.133. The normalized spacial score (nSPS) is 21.7. The van der Waals surface area contributed by atoms with Crippen molar-refractivity contribution in [2.75, 3.05) is 26.2 Å². The zero-order valence-electron chi connectivity index (χ0n) is 15.3. The van der Waals surface area contributed by atoms with Crippen LogP contribution >= 0.6 is 0 Å². The van der Waals surface area contributed by atoms with Gasteiger partial charge in [0.25, 0.3) is 0 Å². The second kappa shape index (κ2) is 8.04. The highest BCUT2D eigenvalue weighted by Crippen LogP contribution is 2.28. The van der Waals surface area contributed by atoms with Gasteiger partial charge < -0.3 is 10.2 Å². The molecule has 2 aliphatic rings. The van der Waals surface area contributed by atoms with Crippen LogP contribution in [0.4, 0.5) is 0 Å². The van der Waals surface area contributed by atoms with E-state index in [1.54, 1.807) is 0 Å². The number of hydrogen-bond donors (Lipinski definition) is 1. The van der Waals surface area contributed by atoms with Crippen molar-refractivity contribution in [2.45, 2.75) is 44.1 Å². The summed E-state index contributed by atoms with van der Waals surface area (Å²) in [5.74, 6) is 1.25. The first kappa shape index (κ1) is 17.3. The van der Waals surface area contributed by atoms with Crippen LogP contribution in [-0.2, 0) is 11.3 Å². The molecule has 4 rings (SSSR count). The molecule has 0 aliphatic carbocycles. The highest BCUT2D eigenvalue weighted by atomic mass is 16.2. The summed E-state index contributed by atoms with van der Waals surface area (Å²) in [4.78, 5) is 14.8. The summed E-state index contributed by atoms with van der Waals surface area (Å²) in [5, 5.41) is 7.88. The smallest absolute Gasteiger partial charge is 0.244 e. The van der Waals surface area contributed by atoms with E-state index in [-0.39, 0.29) is 5.91 Å². The van der Waals surface area contributed by atoms with Gasteiger partial charge in [0.15, 0.2) is 0 Å². The van der Waals surface area contributed by atoms with Crippen LogP contribution in [0.15, 0.2) is 42.6 Å². The lowest BCUT2D eigenvalue weighted by atomic mass is 9.89. The highest BCUT2D eigenvalue weighted by molar-refractivity contribution is 5.76. The molecule has 2 aromatic rings. The van der Waals surface area contributed by atoms with Crippen LogP contribution in [-0.4, -0.2) is 46.8 Å². The van der Waals surface area contributed by atoms with Gasteiger partial charge >= 0.3 is 0 Å². The number of hydrogen-bond acceptors (Lipinski definition) is 3. The van der Waals surface area contributed by atoms with Crippen molar-refractivity contribution in [3.8, 4) is 0 Å². The zero-order valence-corrected chi connectivity index (χ0v) is 15.3. The Labute approximate surface area is 155 Å². The molecule has 26 heavy (non-hydrogen) atoms. The van der Waals surface area contributed by atoms with Gasteiger partial charge in [-0.25, -0.2) is 0 Å². The van der Waals surface area contributed by atoms with E-state index in [0.29, 0.717) is 18.4 Å². The van der Waals surface area contributed by atoms with Crippen molar-refractivity contribution in [3.63, 3.8) is 0 Å². The predicted octanol–water partition coefficient (Wildman–Crippen LogP) is 2.76. The van der Waals surface area contributed by atoms with Crippen molar-refractivity contribution in [1.82, 2.24) is 20.0 Å². The fourth-order valence-electron chi connectivity index (χ4n) is 4.34. The van der Waals surface area contributed by atoms with Crippen LogP contribution in [0.25, 0.3) is 0 Å². The topological polar surface area (TPSA) is 50.2 Å². The van der Waals surface area contributed by atoms with Gasteiger partial charge in [-0.15, -0.1) is 0 Å². The first-order valence-corrected chi connectivity index (χ1v) is 9.86. The Kier molecular flexibility index (Phi) is 5.34. The van der Waals surface area contributed by atoms with Gasteiger partial charge in [-0.2, -0.15) is 5.10 Å². The number of carbonyl (C=O) groups is 1. The highest BCUT2D eigenvalue weighted by Gasteiger charge is 2.25. The van der Waals surface area contributed by atoms with E-state index < -0.39 is 0 Å².